The Morgan fingerprint density at radius 3 is 2.44 bits per heavy atom. The van der Waals surface area contributed by atoms with Crippen LogP contribution in [-0.2, 0) is 4.79 Å². The smallest absolute Gasteiger partial charge is 0.293 e. The minimum absolute atomic E-state index is 0.0362. The first-order chi connectivity index (χ1) is 17.1. The molecule has 1 fully saturated rings. The van der Waals surface area contributed by atoms with Crippen molar-refractivity contribution in [3.63, 3.8) is 0 Å². The van der Waals surface area contributed by atoms with E-state index in [4.69, 9.17) is 4.74 Å². The van der Waals surface area contributed by atoms with Gasteiger partial charge >= 0.3 is 0 Å². The van der Waals surface area contributed by atoms with Crippen LogP contribution in [0.15, 0.2) is 47.4 Å². The number of nitro groups is 1. The van der Waals surface area contributed by atoms with Crippen LogP contribution >= 0.6 is 11.8 Å². The average Bonchev–Trinajstić information content (AvgIpc) is 3.25. The van der Waals surface area contributed by atoms with E-state index in [0.29, 0.717) is 4.91 Å². The number of nitro benzene ring substituents is 1. The maximum absolute atomic E-state index is 13.0. The van der Waals surface area contributed by atoms with Gasteiger partial charge in [0.2, 0.25) is 0 Å². The Hall–Kier alpha value is -3.85. The molecule has 0 aliphatic carbocycles. The van der Waals surface area contributed by atoms with E-state index in [1.807, 2.05) is 63.5 Å². The van der Waals surface area contributed by atoms with Crippen LogP contribution in [0.2, 0.25) is 0 Å². The quantitative estimate of drug-likeness (QED) is 0.221. The Labute approximate surface area is 213 Å². The lowest BCUT2D eigenvalue weighted by Crippen LogP contribution is -2.32. The van der Waals surface area contributed by atoms with Crippen molar-refractivity contribution in [2.45, 2.75) is 34.6 Å². The van der Waals surface area contributed by atoms with Crippen LogP contribution < -0.4 is 4.74 Å². The van der Waals surface area contributed by atoms with Crippen LogP contribution in [0.3, 0.4) is 0 Å². The van der Waals surface area contributed by atoms with Gasteiger partial charge in [0.15, 0.2) is 0 Å². The van der Waals surface area contributed by atoms with Gasteiger partial charge in [-0.25, -0.2) is 0 Å². The van der Waals surface area contributed by atoms with Crippen LogP contribution in [0.25, 0.3) is 11.8 Å². The molecule has 0 bridgehead atoms. The number of nitrogens with zero attached hydrogens (tertiary/aromatic N) is 3. The summed E-state index contributed by atoms with van der Waals surface area (Å²) < 4.78 is 7.82. The zero-order valence-electron chi connectivity index (χ0n) is 20.8. The third-order valence-corrected chi connectivity index (χ3v) is 7.09. The van der Waals surface area contributed by atoms with Gasteiger partial charge in [-0.15, -0.1) is 0 Å². The normalized spacial score (nSPS) is 14.7. The second-order valence-electron chi connectivity index (χ2n) is 8.84. The number of carbonyl (C=O) groups excluding carboxylic acids is 2. The fourth-order valence-corrected chi connectivity index (χ4v) is 5.11. The first-order valence-corrected chi connectivity index (χ1v) is 12.3. The highest BCUT2D eigenvalue weighted by molar-refractivity contribution is 8.18. The van der Waals surface area contributed by atoms with Crippen molar-refractivity contribution < 1.29 is 19.2 Å². The molecule has 0 atom stereocenters. The summed E-state index contributed by atoms with van der Waals surface area (Å²) >= 11 is 0.915. The number of ether oxygens (including phenoxy) is 1. The fraction of sp³-hybridized carbons (Fsp3) is 0.259. The van der Waals surface area contributed by atoms with Gasteiger partial charge in [0.25, 0.3) is 16.8 Å². The van der Waals surface area contributed by atoms with E-state index in [0.717, 1.165) is 56.8 Å². The number of hydrogen-bond donors (Lipinski definition) is 0. The maximum Gasteiger partial charge on any atom is 0.293 e. The minimum atomic E-state index is -0.416. The van der Waals surface area contributed by atoms with Gasteiger partial charge in [-0.1, -0.05) is 12.1 Å². The molecule has 0 spiro atoms. The lowest BCUT2D eigenvalue weighted by Gasteiger charge is -2.14. The number of thioether (sulfide) groups is 1. The SMILES string of the molecule is Cc1ccc(C)c(OCCN2C(=O)S/C(=C\c3cc(C)n(-c4ccc([N+](=O)[O-])cc4C)c3C)C2=O)c1. The predicted octanol–water partition coefficient (Wildman–Crippen LogP) is 6.04. The monoisotopic (exact) mass is 505 g/mol. The van der Waals surface area contributed by atoms with Crippen LogP contribution in [0.5, 0.6) is 5.75 Å². The van der Waals surface area contributed by atoms with Crippen LogP contribution in [-0.4, -0.2) is 38.7 Å². The molecule has 0 radical (unpaired) electrons. The first kappa shape index (κ1) is 25.2. The van der Waals surface area contributed by atoms with Gasteiger partial charge in [0.1, 0.15) is 12.4 Å². The van der Waals surface area contributed by atoms with E-state index >= 15 is 0 Å². The van der Waals surface area contributed by atoms with Crippen molar-refractivity contribution in [3.05, 3.63) is 91.1 Å². The summed E-state index contributed by atoms with van der Waals surface area (Å²) in [5, 5.41) is 10.8. The van der Waals surface area contributed by atoms with Crippen molar-refractivity contribution >= 4 is 34.7 Å². The minimum Gasteiger partial charge on any atom is -0.491 e. The highest BCUT2D eigenvalue weighted by Crippen LogP contribution is 2.34. The summed E-state index contributed by atoms with van der Waals surface area (Å²) in [5.41, 5.74) is 6.29. The van der Waals surface area contributed by atoms with Gasteiger partial charge in [-0.05, 0) is 92.9 Å². The molecule has 2 heterocycles. The van der Waals surface area contributed by atoms with E-state index in [1.165, 1.54) is 11.0 Å². The number of carbonyl (C=O) groups is 2. The Kier molecular flexibility index (Phi) is 7.03. The lowest BCUT2D eigenvalue weighted by molar-refractivity contribution is -0.384. The molecular weight excluding hydrogens is 478 g/mol. The molecule has 8 nitrogen and oxygen atoms in total. The van der Waals surface area contributed by atoms with E-state index in [9.17, 15) is 19.7 Å². The summed E-state index contributed by atoms with van der Waals surface area (Å²) in [6, 6.07) is 12.6. The third-order valence-electron chi connectivity index (χ3n) is 6.18. The fourth-order valence-electron chi connectivity index (χ4n) is 4.25. The summed E-state index contributed by atoms with van der Waals surface area (Å²) in [4.78, 5) is 37.8. The molecule has 186 valence electrons. The molecule has 9 heteroatoms. The Morgan fingerprint density at radius 2 is 1.75 bits per heavy atom. The molecule has 1 aliphatic rings. The molecule has 1 aliphatic heterocycles. The van der Waals surface area contributed by atoms with Gasteiger partial charge in [0.05, 0.1) is 16.4 Å². The maximum atomic E-state index is 13.0. The zero-order chi connectivity index (χ0) is 26.1. The molecule has 3 aromatic rings. The second-order valence-corrected chi connectivity index (χ2v) is 9.83. The number of benzene rings is 2. The molecule has 0 saturated carbocycles. The summed E-state index contributed by atoms with van der Waals surface area (Å²) in [6.45, 7) is 9.98. The Bertz CT molecular complexity index is 1420. The van der Waals surface area contributed by atoms with E-state index in [-0.39, 0.29) is 30.0 Å². The molecule has 1 saturated heterocycles. The topological polar surface area (TPSA) is 94.7 Å². The summed E-state index contributed by atoms with van der Waals surface area (Å²) in [5.74, 6) is 0.400. The molecule has 0 unspecified atom stereocenters. The van der Waals surface area contributed by atoms with Gasteiger partial charge in [-0.3, -0.25) is 24.6 Å². The van der Waals surface area contributed by atoms with Crippen molar-refractivity contribution in [1.82, 2.24) is 9.47 Å². The number of non-ortho nitro benzene ring substituents is 1. The third kappa shape index (κ3) is 4.92. The number of imide groups is 1. The molecule has 4 rings (SSSR count). The zero-order valence-corrected chi connectivity index (χ0v) is 21.6. The highest BCUT2D eigenvalue weighted by atomic mass is 32.2. The number of aryl methyl sites for hydroxylation is 4. The summed E-state index contributed by atoms with van der Waals surface area (Å²) in [6.07, 6.45) is 1.73. The average molecular weight is 506 g/mol. The van der Waals surface area contributed by atoms with Gasteiger partial charge in [-0.2, -0.15) is 0 Å². The van der Waals surface area contributed by atoms with Crippen molar-refractivity contribution in [1.29, 1.82) is 0 Å². The van der Waals surface area contributed by atoms with E-state index in [2.05, 4.69) is 0 Å². The van der Waals surface area contributed by atoms with Crippen molar-refractivity contribution in [2.75, 3.05) is 13.2 Å². The molecule has 36 heavy (non-hydrogen) atoms. The highest BCUT2D eigenvalue weighted by Gasteiger charge is 2.35. The van der Waals surface area contributed by atoms with Crippen LogP contribution in [0, 0.1) is 44.7 Å². The van der Waals surface area contributed by atoms with Crippen molar-refractivity contribution in [2.24, 2.45) is 0 Å². The number of amides is 2. The molecule has 2 aromatic carbocycles. The molecule has 0 N–H and O–H groups in total. The Balaban J connectivity index is 1.52. The van der Waals surface area contributed by atoms with Crippen LogP contribution in [0.1, 0.15) is 33.6 Å². The van der Waals surface area contributed by atoms with Gasteiger partial charge in [0, 0.05) is 29.2 Å². The number of hydrogen-bond acceptors (Lipinski definition) is 6. The standard InChI is InChI=1S/C27H27N3O5S/c1-16-6-7-17(2)24(12-16)35-11-10-28-26(31)25(36-27(28)32)15-21-14-19(4)29(20(21)5)23-9-8-22(30(33)34)13-18(23)3/h6-9,12-15H,10-11H2,1-5H3/b25-15-. The summed E-state index contributed by atoms with van der Waals surface area (Å²) in [7, 11) is 0. The predicted molar refractivity (Wildman–Crippen MR) is 141 cm³/mol. The van der Waals surface area contributed by atoms with E-state index in [1.54, 1.807) is 18.2 Å². The van der Waals surface area contributed by atoms with E-state index < -0.39 is 4.92 Å². The molecule has 1 aromatic heterocycles. The largest absolute Gasteiger partial charge is 0.491 e. The Morgan fingerprint density at radius 1 is 1.00 bits per heavy atom. The van der Waals surface area contributed by atoms with Crippen LogP contribution in [0.4, 0.5) is 10.5 Å². The molecular formula is C27H27N3O5S. The number of aromatic nitrogens is 1. The number of rotatable bonds is 7. The van der Waals surface area contributed by atoms with Gasteiger partial charge < -0.3 is 9.30 Å². The lowest BCUT2D eigenvalue weighted by atomic mass is 10.1. The first-order valence-electron chi connectivity index (χ1n) is 11.5. The van der Waals surface area contributed by atoms with Crippen molar-refractivity contribution in [3.8, 4) is 11.4 Å². The molecule has 2 amide bonds. The second kappa shape index (κ2) is 10.0.